The zero-order valence-electron chi connectivity index (χ0n) is 9.67. The number of nitrogens with zero attached hydrogens (tertiary/aromatic N) is 1. The maximum absolute atomic E-state index is 3.81. The van der Waals surface area contributed by atoms with Crippen molar-refractivity contribution in [3.8, 4) is 0 Å². The Balaban J connectivity index is 0.00000196. The van der Waals surface area contributed by atoms with Crippen molar-refractivity contribution < 1.29 is 28.5 Å². The van der Waals surface area contributed by atoms with Gasteiger partial charge in [-0.05, 0) is 12.5 Å². The van der Waals surface area contributed by atoms with E-state index in [1.54, 1.807) is 0 Å². The smallest absolute Gasteiger partial charge is 0.176 e. The molecule has 0 spiro atoms. The van der Waals surface area contributed by atoms with Gasteiger partial charge in [-0.25, -0.2) is 4.57 Å². The summed E-state index contributed by atoms with van der Waals surface area (Å²) in [5, 5.41) is 0. The van der Waals surface area contributed by atoms with Crippen molar-refractivity contribution in [2.75, 3.05) is 0 Å². The lowest BCUT2D eigenvalue weighted by atomic mass is 10.1. The van der Waals surface area contributed by atoms with Gasteiger partial charge in [-0.1, -0.05) is 32.9 Å². The maximum atomic E-state index is 3.81. The summed E-state index contributed by atoms with van der Waals surface area (Å²) in [6.07, 6.45) is 9.90. The molecule has 0 radical (unpaired) electrons. The second-order valence-corrected chi connectivity index (χ2v) is 3.63. The molecule has 15 heavy (non-hydrogen) atoms. The fourth-order valence-corrected chi connectivity index (χ4v) is 1.51. The van der Waals surface area contributed by atoms with Crippen LogP contribution in [-0.4, -0.2) is 0 Å². The first-order valence-corrected chi connectivity index (χ1v) is 5.45. The van der Waals surface area contributed by atoms with Crippen LogP contribution in [0.25, 0.3) is 6.08 Å². The Morgan fingerprint density at radius 3 is 2.60 bits per heavy atom. The highest BCUT2D eigenvalue weighted by atomic mass is 127. The maximum Gasteiger partial charge on any atom is 0.176 e. The standard InChI is InChI=1S/C13H20N.HI/c1-4-7-8-14-10-12(5-2)9-13(6-3)11-14;/h5,9-11H,2,4,6-8H2,1,3H3;1H/q+1;/p-1. The van der Waals surface area contributed by atoms with Crippen LogP contribution in [0.1, 0.15) is 37.8 Å². The van der Waals surface area contributed by atoms with Crippen molar-refractivity contribution in [1.29, 1.82) is 0 Å². The van der Waals surface area contributed by atoms with Crippen molar-refractivity contribution in [3.05, 3.63) is 36.2 Å². The van der Waals surface area contributed by atoms with E-state index in [0.29, 0.717) is 0 Å². The van der Waals surface area contributed by atoms with Gasteiger partial charge < -0.3 is 24.0 Å². The molecule has 0 saturated heterocycles. The summed E-state index contributed by atoms with van der Waals surface area (Å²) in [4.78, 5) is 0. The second-order valence-electron chi connectivity index (χ2n) is 3.63. The van der Waals surface area contributed by atoms with Crippen molar-refractivity contribution in [1.82, 2.24) is 0 Å². The molecule has 0 aliphatic carbocycles. The number of unbranched alkanes of at least 4 members (excludes halogenated alkanes) is 1. The van der Waals surface area contributed by atoms with E-state index in [2.05, 4.69) is 43.5 Å². The highest BCUT2D eigenvalue weighted by Gasteiger charge is 2.03. The lowest BCUT2D eigenvalue weighted by Gasteiger charge is -2.00. The Morgan fingerprint density at radius 2 is 2.07 bits per heavy atom. The summed E-state index contributed by atoms with van der Waals surface area (Å²) >= 11 is 0. The first-order chi connectivity index (χ1) is 6.80. The molecule has 1 heterocycles. The Hall–Kier alpha value is -0.380. The highest BCUT2D eigenvalue weighted by molar-refractivity contribution is 5.44. The van der Waals surface area contributed by atoms with Gasteiger partial charge in [-0.15, -0.1) is 0 Å². The lowest BCUT2D eigenvalue weighted by molar-refractivity contribution is -0.697. The quantitative estimate of drug-likeness (QED) is 0.531. The third-order valence-corrected chi connectivity index (χ3v) is 2.41. The molecule has 0 N–H and O–H groups in total. The minimum absolute atomic E-state index is 0. The van der Waals surface area contributed by atoms with Gasteiger partial charge in [0.25, 0.3) is 0 Å². The van der Waals surface area contributed by atoms with Crippen LogP contribution in [0.3, 0.4) is 0 Å². The summed E-state index contributed by atoms with van der Waals surface area (Å²) in [7, 11) is 0. The van der Waals surface area contributed by atoms with Gasteiger partial charge in [0.1, 0.15) is 6.54 Å². The number of halogens is 1. The molecule has 0 aliphatic heterocycles. The molecule has 0 aromatic carbocycles. The van der Waals surface area contributed by atoms with Crippen LogP contribution >= 0.6 is 0 Å². The molecule has 0 unspecified atom stereocenters. The molecule has 0 saturated carbocycles. The number of aromatic nitrogens is 1. The largest absolute Gasteiger partial charge is 1.00 e. The van der Waals surface area contributed by atoms with Crippen LogP contribution in [0.5, 0.6) is 0 Å². The van der Waals surface area contributed by atoms with E-state index in [4.69, 9.17) is 0 Å². The van der Waals surface area contributed by atoms with E-state index in [9.17, 15) is 0 Å². The molecule has 84 valence electrons. The van der Waals surface area contributed by atoms with Crippen LogP contribution < -0.4 is 28.5 Å². The summed E-state index contributed by atoms with van der Waals surface area (Å²) in [6, 6.07) is 2.20. The summed E-state index contributed by atoms with van der Waals surface area (Å²) in [6.45, 7) is 9.34. The molecule has 1 rings (SSSR count). The van der Waals surface area contributed by atoms with Gasteiger partial charge in [-0.3, -0.25) is 0 Å². The number of hydrogen-bond acceptors (Lipinski definition) is 0. The van der Waals surface area contributed by atoms with Crippen molar-refractivity contribution in [2.45, 2.75) is 39.7 Å². The third-order valence-electron chi connectivity index (χ3n) is 2.41. The molecular weight excluding hydrogens is 297 g/mol. The van der Waals surface area contributed by atoms with Crippen molar-refractivity contribution >= 4 is 6.08 Å². The Labute approximate surface area is 110 Å². The van der Waals surface area contributed by atoms with Crippen LogP contribution in [0, 0.1) is 0 Å². The Morgan fingerprint density at radius 1 is 1.33 bits per heavy atom. The van der Waals surface area contributed by atoms with E-state index in [-0.39, 0.29) is 24.0 Å². The van der Waals surface area contributed by atoms with Crippen LogP contribution in [0.2, 0.25) is 0 Å². The minimum Gasteiger partial charge on any atom is -1.00 e. The number of pyridine rings is 1. The van der Waals surface area contributed by atoms with E-state index in [1.165, 1.54) is 24.0 Å². The Kier molecular flexibility index (Phi) is 7.65. The number of aryl methyl sites for hydroxylation is 2. The van der Waals surface area contributed by atoms with E-state index in [1.807, 2.05) is 6.08 Å². The van der Waals surface area contributed by atoms with Gasteiger partial charge in [0.2, 0.25) is 0 Å². The average Bonchev–Trinajstić information content (AvgIpc) is 2.25. The molecule has 1 aromatic heterocycles. The first-order valence-electron chi connectivity index (χ1n) is 5.45. The molecule has 0 fully saturated rings. The van der Waals surface area contributed by atoms with Crippen LogP contribution in [-0.2, 0) is 13.0 Å². The predicted molar refractivity (Wildman–Crippen MR) is 61.0 cm³/mol. The topological polar surface area (TPSA) is 3.88 Å². The SMILES string of the molecule is C=Cc1cc(CC)c[n+](CCCC)c1.[I-]. The van der Waals surface area contributed by atoms with Gasteiger partial charge >= 0.3 is 0 Å². The Bertz CT molecular complexity index is 307. The van der Waals surface area contributed by atoms with Crippen LogP contribution in [0.15, 0.2) is 25.0 Å². The van der Waals surface area contributed by atoms with Crippen molar-refractivity contribution in [3.63, 3.8) is 0 Å². The monoisotopic (exact) mass is 317 g/mol. The number of hydrogen-bond donors (Lipinski definition) is 0. The molecular formula is C13H20IN. The molecule has 0 amide bonds. The minimum atomic E-state index is 0. The van der Waals surface area contributed by atoms with Gasteiger partial charge in [0.05, 0.1) is 0 Å². The highest BCUT2D eigenvalue weighted by Crippen LogP contribution is 2.03. The second kappa shape index (κ2) is 7.85. The zero-order valence-corrected chi connectivity index (χ0v) is 11.8. The molecule has 1 nitrogen and oxygen atoms in total. The lowest BCUT2D eigenvalue weighted by Crippen LogP contribution is -3.00. The summed E-state index contributed by atoms with van der Waals surface area (Å²) < 4.78 is 2.28. The molecule has 2 heteroatoms. The predicted octanol–water partition coefficient (Wildman–Crippen LogP) is -0.0164. The normalized spacial score (nSPS) is 9.47. The van der Waals surface area contributed by atoms with Gasteiger partial charge in [0, 0.05) is 17.5 Å². The van der Waals surface area contributed by atoms with Crippen molar-refractivity contribution in [2.24, 2.45) is 0 Å². The van der Waals surface area contributed by atoms with Gasteiger partial charge in [-0.2, -0.15) is 0 Å². The van der Waals surface area contributed by atoms with Crippen LogP contribution in [0.4, 0.5) is 0 Å². The third kappa shape index (κ3) is 4.78. The first kappa shape index (κ1) is 14.6. The number of rotatable bonds is 5. The molecule has 0 aliphatic rings. The zero-order chi connectivity index (χ0) is 10.4. The molecule has 1 aromatic rings. The molecule has 0 bridgehead atoms. The fourth-order valence-electron chi connectivity index (χ4n) is 1.51. The van der Waals surface area contributed by atoms with E-state index in [0.717, 1.165) is 13.0 Å². The summed E-state index contributed by atoms with van der Waals surface area (Å²) in [5.74, 6) is 0. The fraction of sp³-hybridized carbons (Fsp3) is 0.462. The van der Waals surface area contributed by atoms with E-state index >= 15 is 0 Å². The molecule has 0 atom stereocenters. The van der Waals surface area contributed by atoms with Gasteiger partial charge in [0.15, 0.2) is 12.4 Å². The summed E-state index contributed by atoms with van der Waals surface area (Å²) in [5.41, 5.74) is 2.61. The van der Waals surface area contributed by atoms with E-state index < -0.39 is 0 Å². The average molecular weight is 317 g/mol.